The van der Waals surface area contributed by atoms with Gasteiger partial charge in [-0.2, -0.15) is 5.26 Å². The van der Waals surface area contributed by atoms with Crippen molar-refractivity contribution in [1.82, 2.24) is 5.32 Å². The molecular formula is C12H10Cl2N2O. The lowest BCUT2D eigenvalue weighted by molar-refractivity contribution is -0.124. The zero-order valence-corrected chi connectivity index (χ0v) is 10.5. The van der Waals surface area contributed by atoms with E-state index in [0.717, 1.165) is 5.56 Å². The first-order valence-electron chi connectivity index (χ1n) is 5.21. The van der Waals surface area contributed by atoms with Crippen molar-refractivity contribution in [2.45, 2.75) is 19.4 Å². The minimum Gasteiger partial charge on any atom is -0.351 e. The van der Waals surface area contributed by atoms with Gasteiger partial charge in [-0.15, -0.1) is 0 Å². The zero-order valence-electron chi connectivity index (χ0n) is 8.96. The molecule has 1 aromatic rings. The van der Waals surface area contributed by atoms with Crippen LogP contribution in [-0.2, 0) is 11.3 Å². The molecule has 3 nitrogen and oxygen atoms in total. The fourth-order valence-electron chi connectivity index (χ4n) is 1.52. The SMILES string of the molecule is N#CC1(C(=O)NCc2ccc(Cl)cc2Cl)CC1. The molecular weight excluding hydrogens is 259 g/mol. The van der Waals surface area contributed by atoms with Crippen LogP contribution in [0.2, 0.25) is 10.0 Å². The van der Waals surface area contributed by atoms with Crippen LogP contribution in [-0.4, -0.2) is 5.91 Å². The molecule has 1 N–H and O–H groups in total. The van der Waals surface area contributed by atoms with Crippen LogP contribution in [0, 0.1) is 16.7 Å². The maximum atomic E-state index is 11.7. The predicted molar refractivity (Wildman–Crippen MR) is 65.6 cm³/mol. The Morgan fingerprint density at radius 1 is 1.47 bits per heavy atom. The van der Waals surface area contributed by atoms with Gasteiger partial charge in [0.25, 0.3) is 0 Å². The van der Waals surface area contributed by atoms with E-state index in [0.29, 0.717) is 29.4 Å². The van der Waals surface area contributed by atoms with Crippen molar-refractivity contribution in [2.24, 2.45) is 5.41 Å². The van der Waals surface area contributed by atoms with Crippen molar-refractivity contribution in [3.8, 4) is 6.07 Å². The third kappa shape index (κ3) is 2.54. The van der Waals surface area contributed by atoms with Crippen molar-refractivity contribution >= 4 is 29.1 Å². The molecule has 0 heterocycles. The highest BCUT2D eigenvalue weighted by Crippen LogP contribution is 2.45. The second kappa shape index (κ2) is 4.56. The number of hydrogen-bond donors (Lipinski definition) is 1. The third-order valence-electron chi connectivity index (χ3n) is 2.85. The Balaban J connectivity index is 1.99. The summed E-state index contributed by atoms with van der Waals surface area (Å²) in [5.74, 6) is -0.217. The third-order valence-corrected chi connectivity index (χ3v) is 3.44. The molecule has 0 radical (unpaired) electrons. The van der Waals surface area contributed by atoms with Crippen molar-refractivity contribution in [3.05, 3.63) is 33.8 Å². The molecule has 5 heteroatoms. The van der Waals surface area contributed by atoms with Crippen LogP contribution < -0.4 is 5.32 Å². The van der Waals surface area contributed by atoms with Crippen LogP contribution in [0.4, 0.5) is 0 Å². The molecule has 0 atom stereocenters. The van der Waals surface area contributed by atoms with E-state index in [1.165, 1.54) is 0 Å². The van der Waals surface area contributed by atoms with Crippen LogP contribution in [0.5, 0.6) is 0 Å². The molecule has 0 saturated heterocycles. The monoisotopic (exact) mass is 268 g/mol. The van der Waals surface area contributed by atoms with E-state index < -0.39 is 5.41 Å². The summed E-state index contributed by atoms with van der Waals surface area (Å²) in [5, 5.41) is 12.7. The highest BCUT2D eigenvalue weighted by atomic mass is 35.5. The van der Waals surface area contributed by atoms with Crippen molar-refractivity contribution in [1.29, 1.82) is 5.26 Å². The molecule has 1 amide bonds. The molecule has 0 aliphatic heterocycles. The number of nitriles is 1. The summed E-state index contributed by atoms with van der Waals surface area (Å²) in [6.07, 6.45) is 1.29. The number of carbonyl (C=O) groups excluding carboxylic acids is 1. The van der Waals surface area contributed by atoms with E-state index in [-0.39, 0.29) is 5.91 Å². The molecule has 88 valence electrons. The van der Waals surface area contributed by atoms with Gasteiger partial charge in [0.15, 0.2) is 0 Å². The minimum absolute atomic E-state index is 0.217. The number of amides is 1. The molecule has 1 aromatic carbocycles. The molecule has 0 unspecified atom stereocenters. The topological polar surface area (TPSA) is 52.9 Å². The van der Waals surface area contributed by atoms with Crippen molar-refractivity contribution < 1.29 is 4.79 Å². The molecule has 0 bridgehead atoms. The summed E-state index contributed by atoms with van der Waals surface area (Å²) in [6.45, 7) is 0.318. The first-order chi connectivity index (χ1) is 8.07. The van der Waals surface area contributed by atoms with E-state index >= 15 is 0 Å². The number of nitrogens with zero attached hydrogens (tertiary/aromatic N) is 1. The first kappa shape index (κ1) is 12.2. The van der Waals surface area contributed by atoms with Crippen LogP contribution in [0.1, 0.15) is 18.4 Å². The molecule has 0 spiro atoms. The van der Waals surface area contributed by atoms with Crippen LogP contribution in [0.3, 0.4) is 0 Å². The van der Waals surface area contributed by atoms with Gasteiger partial charge < -0.3 is 5.32 Å². The fourth-order valence-corrected chi connectivity index (χ4v) is 2.00. The summed E-state index contributed by atoms with van der Waals surface area (Å²) in [7, 11) is 0. The number of halogens is 2. The number of benzene rings is 1. The Bertz CT molecular complexity index is 504. The second-order valence-corrected chi connectivity index (χ2v) is 4.96. The molecule has 1 saturated carbocycles. The van der Waals surface area contributed by atoms with Crippen molar-refractivity contribution in [3.63, 3.8) is 0 Å². The number of nitrogens with one attached hydrogen (secondary N) is 1. The van der Waals surface area contributed by atoms with Gasteiger partial charge in [0, 0.05) is 16.6 Å². The maximum Gasteiger partial charge on any atom is 0.240 e. The zero-order chi connectivity index (χ0) is 12.5. The van der Waals surface area contributed by atoms with E-state index in [2.05, 4.69) is 5.32 Å². The summed E-state index contributed by atoms with van der Waals surface area (Å²) in [4.78, 5) is 11.7. The lowest BCUT2D eigenvalue weighted by atomic mass is 10.1. The van der Waals surface area contributed by atoms with E-state index in [9.17, 15) is 4.79 Å². The highest BCUT2D eigenvalue weighted by Gasteiger charge is 2.50. The first-order valence-corrected chi connectivity index (χ1v) is 5.96. The molecule has 17 heavy (non-hydrogen) atoms. The Kier molecular flexibility index (Phi) is 3.28. The molecule has 2 rings (SSSR count). The fraction of sp³-hybridized carbons (Fsp3) is 0.333. The Hall–Kier alpha value is -1.24. The van der Waals surface area contributed by atoms with Gasteiger partial charge in [-0.1, -0.05) is 29.3 Å². The predicted octanol–water partition coefficient (Wildman–Crippen LogP) is 2.91. The number of carbonyl (C=O) groups is 1. The van der Waals surface area contributed by atoms with Gasteiger partial charge in [-0.25, -0.2) is 0 Å². The maximum absolute atomic E-state index is 11.7. The Labute approximate surface area is 109 Å². The average molecular weight is 269 g/mol. The normalized spacial score (nSPS) is 16.1. The number of hydrogen-bond acceptors (Lipinski definition) is 2. The van der Waals surface area contributed by atoms with Gasteiger partial charge in [0.05, 0.1) is 6.07 Å². The second-order valence-electron chi connectivity index (χ2n) is 4.11. The largest absolute Gasteiger partial charge is 0.351 e. The summed E-state index contributed by atoms with van der Waals surface area (Å²) in [5.41, 5.74) is -0.00280. The standard InChI is InChI=1S/C12H10Cl2N2O/c13-9-2-1-8(10(14)5-9)6-16-11(17)12(7-15)3-4-12/h1-2,5H,3-4,6H2,(H,16,17). The Morgan fingerprint density at radius 3 is 2.71 bits per heavy atom. The minimum atomic E-state index is -0.793. The average Bonchev–Trinajstić information content (AvgIpc) is 3.08. The van der Waals surface area contributed by atoms with Crippen LogP contribution in [0.15, 0.2) is 18.2 Å². The summed E-state index contributed by atoms with van der Waals surface area (Å²) in [6, 6.07) is 7.15. The Morgan fingerprint density at radius 2 is 2.18 bits per heavy atom. The van der Waals surface area contributed by atoms with Crippen molar-refractivity contribution in [2.75, 3.05) is 0 Å². The van der Waals surface area contributed by atoms with Gasteiger partial charge in [0.2, 0.25) is 5.91 Å². The number of rotatable bonds is 3. The molecule has 1 aliphatic rings. The quantitative estimate of drug-likeness (QED) is 0.917. The lowest BCUT2D eigenvalue weighted by Crippen LogP contribution is -2.30. The van der Waals surface area contributed by atoms with Crippen LogP contribution in [0.25, 0.3) is 0 Å². The van der Waals surface area contributed by atoms with Gasteiger partial charge in [0.1, 0.15) is 5.41 Å². The van der Waals surface area contributed by atoms with Gasteiger partial charge in [-0.3, -0.25) is 4.79 Å². The van der Waals surface area contributed by atoms with Gasteiger partial charge in [-0.05, 0) is 30.5 Å². The molecule has 1 fully saturated rings. The van der Waals surface area contributed by atoms with Crippen LogP contribution >= 0.6 is 23.2 Å². The van der Waals surface area contributed by atoms with E-state index in [4.69, 9.17) is 28.5 Å². The van der Waals surface area contributed by atoms with Gasteiger partial charge >= 0.3 is 0 Å². The molecule has 1 aliphatic carbocycles. The summed E-state index contributed by atoms with van der Waals surface area (Å²) < 4.78 is 0. The molecule has 0 aromatic heterocycles. The lowest BCUT2D eigenvalue weighted by Gasteiger charge is -2.09. The summed E-state index contributed by atoms with van der Waals surface area (Å²) >= 11 is 11.7. The van der Waals surface area contributed by atoms with E-state index in [1.54, 1.807) is 18.2 Å². The smallest absolute Gasteiger partial charge is 0.240 e. The highest BCUT2D eigenvalue weighted by molar-refractivity contribution is 6.35. The van der Waals surface area contributed by atoms with E-state index in [1.807, 2.05) is 6.07 Å².